The molecule has 4 N–H and O–H groups in total. The third-order valence-electron chi connectivity index (χ3n) is 3.05. The van der Waals surface area contributed by atoms with Gasteiger partial charge in [0.15, 0.2) is 0 Å². The molecule has 0 aliphatic heterocycles. The summed E-state index contributed by atoms with van der Waals surface area (Å²) in [5, 5.41) is 0. The molecular weight excluding hydrogens is 160 g/mol. The Hall–Kier alpha value is -0.0800. The topological polar surface area (TPSA) is 52.0 Å². The molecule has 2 nitrogen and oxygen atoms in total. The quantitative estimate of drug-likeness (QED) is 0.688. The van der Waals surface area contributed by atoms with Gasteiger partial charge in [-0.25, -0.2) is 0 Å². The Balaban J connectivity index is 2.61. The van der Waals surface area contributed by atoms with Crippen molar-refractivity contribution in [3.8, 4) is 0 Å². The van der Waals surface area contributed by atoms with Crippen LogP contribution in [0.25, 0.3) is 0 Å². The largest absolute Gasteiger partial charge is 0.330 e. The van der Waals surface area contributed by atoms with Crippen molar-refractivity contribution in [1.82, 2.24) is 0 Å². The fourth-order valence-corrected chi connectivity index (χ4v) is 3.19. The molecule has 1 rings (SSSR count). The van der Waals surface area contributed by atoms with E-state index in [0.29, 0.717) is 5.41 Å². The summed E-state index contributed by atoms with van der Waals surface area (Å²) in [5.74, 6) is 0.740. The van der Waals surface area contributed by atoms with Crippen molar-refractivity contribution in [2.45, 2.75) is 52.0 Å². The van der Waals surface area contributed by atoms with Crippen LogP contribution in [0, 0.1) is 11.3 Å². The molecule has 13 heavy (non-hydrogen) atoms. The molecule has 2 atom stereocenters. The van der Waals surface area contributed by atoms with Crippen LogP contribution in [-0.2, 0) is 0 Å². The normalized spacial score (nSPS) is 39.0. The minimum Gasteiger partial charge on any atom is -0.330 e. The Bertz CT molecular complexity index is 157. The summed E-state index contributed by atoms with van der Waals surface area (Å²) in [6.45, 7) is 7.62. The van der Waals surface area contributed by atoms with Crippen molar-refractivity contribution >= 4 is 0 Å². The number of rotatable bonds is 2. The average Bonchev–Trinajstić information content (AvgIpc) is 1.78. The molecule has 0 radical (unpaired) electrons. The highest BCUT2D eigenvalue weighted by Gasteiger charge is 2.38. The van der Waals surface area contributed by atoms with E-state index in [0.717, 1.165) is 31.7 Å². The molecule has 0 bridgehead atoms. The van der Waals surface area contributed by atoms with Crippen molar-refractivity contribution in [3.05, 3.63) is 0 Å². The molecular formula is C11H24N2. The van der Waals surface area contributed by atoms with Crippen molar-refractivity contribution in [2.24, 2.45) is 22.8 Å². The van der Waals surface area contributed by atoms with E-state index in [1.807, 2.05) is 0 Å². The lowest BCUT2D eigenvalue weighted by molar-refractivity contribution is 0.107. The molecule has 0 saturated heterocycles. The van der Waals surface area contributed by atoms with Crippen LogP contribution in [0.5, 0.6) is 0 Å². The van der Waals surface area contributed by atoms with Gasteiger partial charge in [0, 0.05) is 5.54 Å². The number of hydrogen-bond acceptors (Lipinski definition) is 2. The van der Waals surface area contributed by atoms with Gasteiger partial charge in [0.25, 0.3) is 0 Å². The summed E-state index contributed by atoms with van der Waals surface area (Å²) in [7, 11) is 0. The van der Waals surface area contributed by atoms with Gasteiger partial charge in [0.2, 0.25) is 0 Å². The van der Waals surface area contributed by atoms with Gasteiger partial charge in [-0.3, -0.25) is 0 Å². The van der Waals surface area contributed by atoms with Crippen LogP contribution < -0.4 is 11.5 Å². The van der Waals surface area contributed by atoms with Gasteiger partial charge in [0.1, 0.15) is 0 Å². The lowest BCUT2D eigenvalue weighted by Gasteiger charge is -2.44. The predicted molar refractivity (Wildman–Crippen MR) is 57.4 cm³/mol. The van der Waals surface area contributed by atoms with E-state index in [2.05, 4.69) is 20.8 Å². The maximum Gasteiger partial charge on any atom is 0.0133 e. The molecule has 2 unspecified atom stereocenters. The number of nitrogens with two attached hydrogens (primary N) is 2. The molecule has 0 amide bonds. The van der Waals surface area contributed by atoms with E-state index in [1.165, 1.54) is 6.42 Å². The van der Waals surface area contributed by atoms with Gasteiger partial charge in [-0.05, 0) is 50.5 Å². The van der Waals surface area contributed by atoms with Crippen molar-refractivity contribution in [2.75, 3.05) is 6.54 Å². The molecule has 0 heterocycles. The first-order valence-corrected chi connectivity index (χ1v) is 5.34. The lowest BCUT2D eigenvalue weighted by atomic mass is 9.64. The minimum atomic E-state index is 0.0294. The summed E-state index contributed by atoms with van der Waals surface area (Å²) in [4.78, 5) is 0. The highest BCUT2D eigenvalue weighted by atomic mass is 14.7. The zero-order valence-electron chi connectivity index (χ0n) is 9.27. The third kappa shape index (κ3) is 3.28. The predicted octanol–water partition coefficient (Wildman–Crippen LogP) is 1.88. The maximum absolute atomic E-state index is 6.23. The van der Waals surface area contributed by atoms with Gasteiger partial charge in [0.05, 0.1) is 0 Å². The van der Waals surface area contributed by atoms with E-state index in [-0.39, 0.29) is 5.54 Å². The van der Waals surface area contributed by atoms with Crippen LogP contribution in [0.15, 0.2) is 0 Å². The van der Waals surface area contributed by atoms with Crippen molar-refractivity contribution in [3.63, 3.8) is 0 Å². The standard InChI is InChI=1S/C11H24N2/c1-10(2)6-9(4-5-12)7-11(3,13)8-10/h9H,4-8,12-13H2,1-3H3. The Morgan fingerprint density at radius 3 is 2.31 bits per heavy atom. The summed E-state index contributed by atoms with van der Waals surface area (Å²) in [6, 6.07) is 0. The first-order valence-electron chi connectivity index (χ1n) is 5.34. The molecule has 0 aromatic carbocycles. The highest BCUT2D eigenvalue weighted by Crippen LogP contribution is 2.43. The van der Waals surface area contributed by atoms with Crippen LogP contribution in [0.2, 0.25) is 0 Å². The second-order valence-corrected chi connectivity index (χ2v) is 5.85. The van der Waals surface area contributed by atoms with E-state index >= 15 is 0 Å². The molecule has 1 aliphatic rings. The zero-order valence-corrected chi connectivity index (χ0v) is 9.27. The smallest absolute Gasteiger partial charge is 0.0133 e. The summed E-state index contributed by atoms with van der Waals surface area (Å²) < 4.78 is 0. The van der Waals surface area contributed by atoms with Crippen molar-refractivity contribution < 1.29 is 0 Å². The highest BCUT2D eigenvalue weighted by molar-refractivity contribution is 4.94. The van der Waals surface area contributed by atoms with Crippen LogP contribution in [0.3, 0.4) is 0 Å². The van der Waals surface area contributed by atoms with E-state index < -0.39 is 0 Å². The monoisotopic (exact) mass is 184 g/mol. The Kier molecular flexibility index (Phi) is 3.03. The first kappa shape index (κ1) is 11.0. The second kappa shape index (κ2) is 3.58. The molecule has 1 aliphatic carbocycles. The Labute approximate surface area is 82.1 Å². The van der Waals surface area contributed by atoms with Gasteiger partial charge >= 0.3 is 0 Å². The molecule has 78 valence electrons. The summed E-state index contributed by atoms with van der Waals surface area (Å²) in [5.41, 5.74) is 12.3. The minimum absolute atomic E-state index is 0.0294. The van der Waals surface area contributed by atoms with Crippen LogP contribution in [-0.4, -0.2) is 12.1 Å². The van der Waals surface area contributed by atoms with Gasteiger partial charge in [-0.2, -0.15) is 0 Å². The van der Waals surface area contributed by atoms with Crippen molar-refractivity contribution in [1.29, 1.82) is 0 Å². The first-order chi connectivity index (χ1) is 5.85. The molecule has 1 fully saturated rings. The van der Waals surface area contributed by atoms with Gasteiger partial charge in [-0.1, -0.05) is 13.8 Å². The fourth-order valence-electron chi connectivity index (χ4n) is 3.19. The zero-order chi connectivity index (χ0) is 10.1. The number of hydrogen-bond donors (Lipinski definition) is 2. The van der Waals surface area contributed by atoms with E-state index in [4.69, 9.17) is 11.5 Å². The molecule has 0 spiro atoms. The SMILES string of the molecule is CC1(C)CC(CCN)CC(C)(N)C1. The van der Waals surface area contributed by atoms with Gasteiger partial charge < -0.3 is 11.5 Å². The molecule has 2 heteroatoms. The molecule has 0 aromatic heterocycles. The van der Waals surface area contributed by atoms with E-state index in [9.17, 15) is 0 Å². The Morgan fingerprint density at radius 1 is 1.23 bits per heavy atom. The summed E-state index contributed by atoms with van der Waals surface area (Å²) >= 11 is 0. The molecule has 0 aromatic rings. The third-order valence-corrected chi connectivity index (χ3v) is 3.05. The molecule has 1 saturated carbocycles. The summed E-state index contributed by atoms with van der Waals surface area (Å²) in [6.07, 6.45) is 4.71. The van der Waals surface area contributed by atoms with Crippen LogP contribution in [0.4, 0.5) is 0 Å². The second-order valence-electron chi connectivity index (χ2n) is 5.85. The van der Waals surface area contributed by atoms with E-state index in [1.54, 1.807) is 0 Å². The van der Waals surface area contributed by atoms with Crippen LogP contribution in [0.1, 0.15) is 46.5 Å². The average molecular weight is 184 g/mol. The lowest BCUT2D eigenvalue weighted by Crippen LogP contribution is -2.47. The fraction of sp³-hybridized carbons (Fsp3) is 1.00. The van der Waals surface area contributed by atoms with Gasteiger partial charge in [-0.15, -0.1) is 0 Å². The van der Waals surface area contributed by atoms with Crippen LogP contribution >= 0.6 is 0 Å². The maximum atomic E-state index is 6.23. The Morgan fingerprint density at radius 2 is 1.85 bits per heavy atom.